The first-order chi connectivity index (χ1) is 15.9. The van der Waals surface area contributed by atoms with Gasteiger partial charge in [0.1, 0.15) is 5.76 Å². The minimum Gasteiger partial charge on any atom is -0.465 e. The third-order valence-corrected chi connectivity index (χ3v) is 7.87. The topological polar surface area (TPSA) is 126 Å². The van der Waals surface area contributed by atoms with Crippen LogP contribution in [0.2, 0.25) is 0 Å². The summed E-state index contributed by atoms with van der Waals surface area (Å²) in [7, 11) is -4.01. The van der Waals surface area contributed by atoms with Gasteiger partial charge in [0.2, 0.25) is 10.0 Å². The number of nitrogens with zero attached hydrogens (tertiary/aromatic N) is 3. The third-order valence-electron chi connectivity index (χ3n) is 6.34. The van der Waals surface area contributed by atoms with Gasteiger partial charge < -0.3 is 9.63 Å². The van der Waals surface area contributed by atoms with Gasteiger partial charge in [-0.3, -0.25) is 9.88 Å². The smallest absolute Gasteiger partial charge is 0.408 e. The van der Waals surface area contributed by atoms with Crippen LogP contribution in [-0.2, 0) is 10.0 Å². The lowest BCUT2D eigenvalue weighted by molar-refractivity contribution is 0.0654. The van der Waals surface area contributed by atoms with Crippen molar-refractivity contribution >= 4 is 27.0 Å². The molecule has 182 valence electrons. The molecule has 1 amide bonds. The monoisotopic (exact) mass is 486 g/mol. The van der Waals surface area contributed by atoms with Gasteiger partial charge in [-0.25, -0.2) is 17.9 Å². The predicted molar refractivity (Wildman–Crippen MR) is 128 cm³/mol. The number of pyridine rings is 1. The minimum atomic E-state index is -4.01. The van der Waals surface area contributed by atoms with E-state index < -0.39 is 33.7 Å². The van der Waals surface area contributed by atoms with Crippen molar-refractivity contribution in [1.29, 1.82) is 0 Å². The fraction of sp³-hybridized carbons (Fsp3) is 0.458. The number of amides is 1. The lowest BCUT2D eigenvalue weighted by Gasteiger charge is -2.40. The first kappa shape index (κ1) is 24.2. The molecule has 1 fully saturated rings. The molecular weight excluding hydrogens is 456 g/mol. The zero-order chi connectivity index (χ0) is 24.8. The van der Waals surface area contributed by atoms with Gasteiger partial charge in [0, 0.05) is 28.7 Å². The second-order valence-electron chi connectivity index (χ2n) is 9.79. The molecule has 1 saturated carbocycles. The lowest BCUT2D eigenvalue weighted by Crippen LogP contribution is -2.57. The number of aryl methyl sites for hydroxylation is 2. The number of carbonyl (C=O) groups is 1. The molecule has 2 N–H and O–H groups in total. The van der Waals surface area contributed by atoms with Crippen LogP contribution in [0.3, 0.4) is 0 Å². The summed E-state index contributed by atoms with van der Waals surface area (Å²) >= 11 is 0. The number of carboxylic acid groups (broad SMARTS) is 1. The fourth-order valence-corrected chi connectivity index (χ4v) is 6.53. The summed E-state index contributed by atoms with van der Waals surface area (Å²) in [6.45, 7) is 9.03. The number of hydrogen-bond donors (Lipinski definition) is 2. The maximum atomic E-state index is 13.7. The maximum absolute atomic E-state index is 13.7. The molecule has 2 aromatic heterocycles. The highest BCUT2D eigenvalue weighted by molar-refractivity contribution is 7.89. The lowest BCUT2D eigenvalue weighted by atomic mass is 10.0. The number of nitrogens with one attached hydrogen (secondary N) is 1. The van der Waals surface area contributed by atoms with E-state index in [0.717, 1.165) is 12.0 Å². The van der Waals surface area contributed by atoms with Gasteiger partial charge in [0.25, 0.3) is 0 Å². The molecule has 1 aliphatic rings. The van der Waals surface area contributed by atoms with Crippen LogP contribution in [0.5, 0.6) is 0 Å². The first-order valence-electron chi connectivity index (χ1n) is 11.3. The Morgan fingerprint density at radius 1 is 1.24 bits per heavy atom. The Morgan fingerprint density at radius 2 is 1.97 bits per heavy atom. The van der Waals surface area contributed by atoms with Crippen LogP contribution >= 0.6 is 0 Å². The Bertz CT molecular complexity index is 1320. The van der Waals surface area contributed by atoms with Gasteiger partial charge in [0.15, 0.2) is 0 Å². The summed E-state index contributed by atoms with van der Waals surface area (Å²) in [6, 6.07) is 5.86. The van der Waals surface area contributed by atoms with Crippen molar-refractivity contribution in [2.45, 2.75) is 76.4 Å². The highest BCUT2D eigenvalue weighted by Gasteiger charge is 2.42. The Kier molecular flexibility index (Phi) is 6.15. The average molecular weight is 487 g/mol. The van der Waals surface area contributed by atoms with E-state index in [4.69, 9.17) is 4.52 Å². The van der Waals surface area contributed by atoms with Crippen molar-refractivity contribution in [2.75, 3.05) is 0 Å². The van der Waals surface area contributed by atoms with Crippen LogP contribution in [0, 0.1) is 13.8 Å². The van der Waals surface area contributed by atoms with Gasteiger partial charge >= 0.3 is 6.09 Å². The van der Waals surface area contributed by atoms with E-state index in [1.165, 1.54) is 4.90 Å². The van der Waals surface area contributed by atoms with Crippen molar-refractivity contribution in [3.05, 3.63) is 41.9 Å². The van der Waals surface area contributed by atoms with E-state index in [9.17, 15) is 18.3 Å². The van der Waals surface area contributed by atoms with E-state index in [2.05, 4.69) is 14.9 Å². The van der Waals surface area contributed by atoms with Gasteiger partial charge in [-0.1, -0.05) is 5.16 Å². The Hall–Kier alpha value is -2.98. The molecule has 0 spiro atoms. The highest BCUT2D eigenvalue weighted by atomic mass is 32.2. The molecule has 9 nitrogen and oxygen atoms in total. The zero-order valence-electron chi connectivity index (χ0n) is 20.0. The van der Waals surface area contributed by atoms with Crippen molar-refractivity contribution in [3.8, 4) is 11.1 Å². The van der Waals surface area contributed by atoms with Crippen LogP contribution in [0.15, 0.2) is 39.9 Å². The fourth-order valence-electron chi connectivity index (χ4n) is 4.99. The molecular formula is C24H30N4O5S. The largest absolute Gasteiger partial charge is 0.465 e. The Balaban J connectivity index is 1.79. The molecule has 0 saturated heterocycles. The molecule has 1 aliphatic carbocycles. The normalized spacial score (nSPS) is 19.0. The van der Waals surface area contributed by atoms with Gasteiger partial charge in [-0.05, 0) is 83.7 Å². The summed E-state index contributed by atoms with van der Waals surface area (Å²) in [5, 5.41) is 14.3. The molecule has 2 heterocycles. The molecule has 1 aromatic carbocycles. The molecule has 0 bridgehead atoms. The highest BCUT2D eigenvalue weighted by Crippen LogP contribution is 2.35. The first-order valence-corrected chi connectivity index (χ1v) is 12.7. The molecule has 2 atom stereocenters. The Labute approximate surface area is 199 Å². The summed E-state index contributed by atoms with van der Waals surface area (Å²) < 4.78 is 35.6. The van der Waals surface area contributed by atoms with E-state index in [0.29, 0.717) is 40.8 Å². The van der Waals surface area contributed by atoms with E-state index >= 15 is 0 Å². The van der Waals surface area contributed by atoms with Crippen LogP contribution in [-0.4, -0.2) is 52.3 Å². The van der Waals surface area contributed by atoms with Crippen molar-refractivity contribution < 1.29 is 22.8 Å². The second-order valence-corrected chi connectivity index (χ2v) is 11.5. The van der Waals surface area contributed by atoms with Crippen LogP contribution < -0.4 is 4.72 Å². The molecule has 0 aliphatic heterocycles. The van der Waals surface area contributed by atoms with E-state index in [1.54, 1.807) is 38.2 Å². The summed E-state index contributed by atoms with van der Waals surface area (Å²) in [5.74, 6) is 0.585. The predicted octanol–water partition coefficient (Wildman–Crippen LogP) is 4.48. The number of fused-ring (bicyclic) bond motifs is 1. The number of sulfonamides is 1. The van der Waals surface area contributed by atoms with Crippen molar-refractivity contribution in [2.24, 2.45) is 0 Å². The summed E-state index contributed by atoms with van der Waals surface area (Å²) in [5.41, 5.74) is 1.90. The summed E-state index contributed by atoms with van der Waals surface area (Å²) in [4.78, 5) is 17.9. The van der Waals surface area contributed by atoms with Gasteiger partial charge in [0.05, 0.1) is 22.1 Å². The summed E-state index contributed by atoms with van der Waals surface area (Å²) in [6.07, 6.45) is 2.45. The number of aromatic nitrogens is 2. The SMILES string of the molecule is Cc1noc(C)c1-c1cc(S(=O)(=O)N[C@@H]2CCC[C@H]2N(C(=O)O)C(C)(C)C)c2cccnc2c1. The Morgan fingerprint density at radius 3 is 2.59 bits per heavy atom. The molecule has 34 heavy (non-hydrogen) atoms. The molecule has 4 rings (SSSR count). The van der Waals surface area contributed by atoms with Crippen LogP contribution in [0.1, 0.15) is 51.5 Å². The second kappa shape index (κ2) is 8.66. The average Bonchev–Trinajstić information content (AvgIpc) is 3.31. The third kappa shape index (κ3) is 4.39. The van der Waals surface area contributed by atoms with E-state index in [1.807, 2.05) is 26.8 Å². The van der Waals surface area contributed by atoms with E-state index in [-0.39, 0.29) is 4.90 Å². The minimum absolute atomic E-state index is 0.0939. The molecule has 3 aromatic rings. The van der Waals surface area contributed by atoms with Crippen LogP contribution in [0.4, 0.5) is 4.79 Å². The number of benzene rings is 1. The number of hydrogen-bond acceptors (Lipinski definition) is 6. The van der Waals surface area contributed by atoms with Crippen molar-refractivity contribution in [1.82, 2.24) is 19.8 Å². The molecule has 0 radical (unpaired) electrons. The molecule has 10 heteroatoms. The maximum Gasteiger partial charge on any atom is 0.408 e. The van der Waals surface area contributed by atoms with Gasteiger partial charge in [-0.15, -0.1) is 0 Å². The molecule has 0 unspecified atom stereocenters. The quantitative estimate of drug-likeness (QED) is 0.544. The zero-order valence-corrected chi connectivity index (χ0v) is 20.8. The van der Waals surface area contributed by atoms with Crippen molar-refractivity contribution in [3.63, 3.8) is 0 Å². The van der Waals surface area contributed by atoms with Crippen LogP contribution in [0.25, 0.3) is 22.0 Å². The number of rotatable bonds is 5. The standard InChI is InChI=1S/C24H30N4O5S/c1-14-22(15(2)33-26-14)16-12-19-17(8-7-11-25-19)21(13-16)34(31,32)27-18-9-6-10-20(18)28(23(29)30)24(3,4)5/h7-8,11-13,18,20,27H,6,9-10H2,1-5H3,(H,29,30)/t18-,20-/m1/s1. The van der Waals surface area contributed by atoms with Gasteiger partial charge in [-0.2, -0.15) is 0 Å².